The van der Waals surface area contributed by atoms with Gasteiger partial charge in [0.25, 0.3) is 0 Å². The maximum absolute atomic E-state index is 12.6. The Kier molecular flexibility index (Phi) is 3.13. The highest BCUT2D eigenvalue weighted by molar-refractivity contribution is 6.30. The number of hydrogen-bond acceptors (Lipinski definition) is 3. The number of hydrogen-bond donors (Lipinski definition) is 1. The predicted octanol–water partition coefficient (Wildman–Crippen LogP) is 3.40. The highest BCUT2D eigenvalue weighted by Gasteiger charge is 2.35. The molecule has 0 spiro atoms. The Hall–Kier alpha value is -1.82. The molecule has 18 heavy (non-hydrogen) atoms. The lowest BCUT2D eigenvalue weighted by Gasteiger charge is -2.10. The monoisotopic (exact) mass is 273 g/mol. The molecule has 2 aromatic rings. The molecule has 1 aromatic heterocycles. The molecule has 0 aliphatic heterocycles. The molecule has 2 N–H and O–H groups in total. The predicted molar refractivity (Wildman–Crippen MR) is 61.9 cm³/mol. The van der Waals surface area contributed by atoms with Crippen molar-refractivity contribution in [2.75, 3.05) is 5.73 Å². The van der Waals surface area contributed by atoms with Crippen molar-refractivity contribution in [3.8, 4) is 11.4 Å². The standard InChI is InChI=1S/C11H7ClF3N3/c12-7-3-1-2-6(4-7)10-17-5-8(16)9(18-10)11(13,14)15/h1-5H,16H2. The molecule has 0 saturated heterocycles. The second-order valence-electron chi connectivity index (χ2n) is 3.51. The lowest BCUT2D eigenvalue weighted by molar-refractivity contribution is -0.140. The highest BCUT2D eigenvalue weighted by atomic mass is 35.5. The quantitative estimate of drug-likeness (QED) is 0.866. The first-order valence-electron chi connectivity index (χ1n) is 4.83. The van der Waals surface area contributed by atoms with Gasteiger partial charge in [-0.15, -0.1) is 0 Å². The van der Waals surface area contributed by atoms with E-state index in [1.165, 1.54) is 6.07 Å². The summed E-state index contributed by atoms with van der Waals surface area (Å²) in [6.07, 6.45) is -3.67. The maximum Gasteiger partial charge on any atom is 0.435 e. The molecule has 3 nitrogen and oxygen atoms in total. The van der Waals surface area contributed by atoms with Crippen LogP contribution in [0.3, 0.4) is 0 Å². The van der Waals surface area contributed by atoms with Crippen LogP contribution in [0.4, 0.5) is 18.9 Å². The number of halogens is 4. The van der Waals surface area contributed by atoms with E-state index in [0.29, 0.717) is 10.6 Å². The van der Waals surface area contributed by atoms with E-state index in [0.717, 1.165) is 6.20 Å². The average Bonchev–Trinajstić information content (AvgIpc) is 2.28. The van der Waals surface area contributed by atoms with Crippen LogP contribution < -0.4 is 5.73 Å². The number of nitrogens with two attached hydrogens (primary N) is 1. The van der Waals surface area contributed by atoms with Crippen LogP contribution in [0.15, 0.2) is 30.5 Å². The highest BCUT2D eigenvalue weighted by Crippen LogP contribution is 2.32. The molecular weight excluding hydrogens is 267 g/mol. The molecule has 0 atom stereocenters. The third-order valence-corrected chi connectivity index (χ3v) is 2.40. The fourth-order valence-corrected chi connectivity index (χ4v) is 1.58. The van der Waals surface area contributed by atoms with Crippen molar-refractivity contribution in [3.05, 3.63) is 41.2 Å². The van der Waals surface area contributed by atoms with Gasteiger partial charge in [0.15, 0.2) is 11.5 Å². The Bertz CT molecular complexity index is 584. The van der Waals surface area contributed by atoms with Gasteiger partial charge < -0.3 is 5.73 Å². The largest absolute Gasteiger partial charge is 0.435 e. The summed E-state index contributed by atoms with van der Waals surface area (Å²) < 4.78 is 37.9. The topological polar surface area (TPSA) is 51.8 Å². The Morgan fingerprint density at radius 3 is 2.56 bits per heavy atom. The molecule has 0 bridgehead atoms. The van der Waals surface area contributed by atoms with Crippen LogP contribution in [-0.4, -0.2) is 9.97 Å². The van der Waals surface area contributed by atoms with Gasteiger partial charge in [0.1, 0.15) is 0 Å². The molecule has 0 saturated carbocycles. The molecule has 1 heterocycles. The van der Waals surface area contributed by atoms with Crippen LogP contribution in [-0.2, 0) is 6.18 Å². The van der Waals surface area contributed by atoms with Crippen molar-refractivity contribution >= 4 is 17.3 Å². The Morgan fingerprint density at radius 2 is 1.94 bits per heavy atom. The minimum absolute atomic E-state index is 0.0703. The van der Waals surface area contributed by atoms with Crippen molar-refractivity contribution in [1.82, 2.24) is 9.97 Å². The van der Waals surface area contributed by atoms with Gasteiger partial charge in [-0.2, -0.15) is 13.2 Å². The lowest BCUT2D eigenvalue weighted by atomic mass is 10.2. The molecule has 0 aliphatic rings. The van der Waals surface area contributed by atoms with Gasteiger partial charge in [0.05, 0.1) is 11.9 Å². The maximum atomic E-state index is 12.6. The van der Waals surface area contributed by atoms with Crippen LogP contribution in [0.5, 0.6) is 0 Å². The Balaban J connectivity index is 2.54. The van der Waals surface area contributed by atoms with Crippen molar-refractivity contribution < 1.29 is 13.2 Å². The van der Waals surface area contributed by atoms with E-state index in [2.05, 4.69) is 9.97 Å². The van der Waals surface area contributed by atoms with Gasteiger partial charge >= 0.3 is 6.18 Å². The first-order valence-corrected chi connectivity index (χ1v) is 5.21. The molecule has 0 aliphatic carbocycles. The molecule has 0 fully saturated rings. The summed E-state index contributed by atoms with van der Waals surface area (Å²) in [6, 6.07) is 6.25. The van der Waals surface area contributed by atoms with Gasteiger partial charge in [0.2, 0.25) is 0 Å². The first kappa shape index (κ1) is 12.6. The summed E-state index contributed by atoms with van der Waals surface area (Å²) in [6.45, 7) is 0. The number of nitrogen functional groups attached to an aromatic ring is 1. The molecule has 7 heteroatoms. The second-order valence-corrected chi connectivity index (χ2v) is 3.94. The summed E-state index contributed by atoms with van der Waals surface area (Å²) in [7, 11) is 0. The van der Waals surface area contributed by atoms with E-state index >= 15 is 0 Å². The van der Waals surface area contributed by atoms with Crippen LogP contribution >= 0.6 is 11.6 Å². The summed E-state index contributed by atoms with van der Waals surface area (Å²) >= 11 is 5.75. The van der Waals surface area contributed by atoms with E-state index in [1.54, 1.807) is 18.2 Å². The Morgan fingerprint density at radius 1 is 1.22 bits per heavy atom. The third-order valence-electron chi connectivity index (χ3n) is 2.17. The lowest BCUT2D eigenvalue weighted by Crippen LogP contribution is -2.13. The van der Waals surface area contributed by atoms with Gasteiger partial charge in [-0.05, 0) is 12.1 Å². The van der Waals surface area contributed by atoms with Crippen molar-refractivity contribution in [2.24, 2.45) is 0 Å². The summed E-state index contributed by atoms with van der Waals surface area (Å²) in [5.41, 5.74) is 3.96. The first-order chi connectivity index (χ1) is 8.38. The number of benzene rings is 1. The third kappa shape index (κ3) is 2.53. The van der Waals surface area contributed by atoms with Crippen LogP contribution in [0.1, 0.15) is 5.69 Å². The SMILES string of the molecule is Nc1cnc(-c2cccc(Cl)c2)nc1C(F)(F)F. The minimum atomic E-state index is -4.61. The summed E-state index contributed by atoms with van der Waals surface area (Å²) in [5.74, 6) is -0.0703. The van der Waals surface area contributed by atoms with Gasteiger partial charge in [-0.25, -0.2) is 9.97 Å². The smallest absolute Gasteiger partial charge is 0.396 e. The fraction of sp³-hybridized carbons (Fsp3) is 0.0909. The molecule has 2 rings (SSSR count). The molecule has 0 amide bonds. The van der Waals surface area contributed by atoms with Crippen LogP contribution in [0.2, 0.25) is 5.02 Å². The van der Waals surface area contributed by atoms with Crippen molar-refractivity contribution in [2.45, 2.75) is 6.18 Å². The van der Waals surface area contributed by atoms with E-state index in [1.807, 2.05) is 0 Å². The fourth-order valence-electron chi connectivity index (χ4n) is 1.38. The summed E-state index contributed by atoms with van der Waals surface area (Å²) in [5, 5.41) is 0.390. The normalized spacial score (nSPS) is 11.6. The zero-order chi connectivity index (χ0) is 13.3. The van der Waals surface area contributed by atoms with Gasteiger partial charge in [-0.1, -0.05) is 23.7 Å². The van der Waals surface area contributed by atoms with Crippen molar-refractivity contribution in [3.63, 3.8) is 0 Å². The molecular formula is C11H7ClF3N3. The van der Waals surface area contributed by atoms with E-state index in [9.17, 15) is 13.2 Å². The molecule has 0 unspecified atom stereocenters. The zero-order valence-corrected chi connectivity index (χ0v) is 9.63. The number of aromatic nitrogens is 2. The Labute approximate surface area is 105 Å². The molecule has 94 valence electrons. The van der Waals surface area contributed by atoms with E-state index in [4.69, 9.17) is 17.3 Å². The van der Waals surface area contributed by atoms with E-state index in [-0.39, 0.29) is 5.82 Å². The average molecular weight is 274 g/mol. The van der Waals surface area contributed by atoms with Gasteiger partial charge in [0, 0.05) is 10.6 Å². The summed E-state index contributed by atoms with van der Waals surface area (Å²) in [4.78, 5) is 7.20. The zero-order valence-electron chi connectivity index (χ0n) is 8.87. The second kappa shape index (κ2) is 4.45. The number of alkyl halides is 3. The van der Waals surface area contributed by atoms with Crippen LogP contribution in [0, 0.1) is 0 Å². The molecule has 1 aromatic carbocycles. The number of rotatable bonds is 1. The van der Waals surface area contributed by atoms with Crippen molar-refractivity contribution in [1.29, 1.82) is 0 Å². The molecule has 0 radical (unpaired) electrons. The minimum Gasteiger partial charge on any atom is -0.396 e. The van der Waals surface area contributed by atoms with Gasteiger partial charge in [-0.3, -0.25) is 0 Å². The number of nitrogens with zero attached hydrogens (tertiary/aromatic N) is 2. The van der Waals surface area contributed by atoms with Crippen LogP contribution in [0.25, 0.3) is 11.4 Å². The van der Waals surface area contributed by atoms with E-state index < -0.39 is 17.6 Å². The number of anilines is 1.